The molecule has 0 saturated heterocycles. The van der Waals surface area contributed by atoms with E-state index < -0.39 is 66.8 Å². The Hall–Kier alpha value is -2.38. The third-order valence-electron chi connectivity index (χ3n) is 4.04. The molecule has 0 heterocycles. The smallest absolute Gasteiger partial charge is 0.326 e. The highest BCUT2D eigenvalue weighted by molar-refractivity contribution is 7.98. The zero-order chi connectivity index (χ0) is 23.4. The van der Waals surface area contributed by atoms with Crippen LogP contribution >= 0.6 is 11.8 Å². The molecule has 0 aliphatic heterocycles. The zero-order valence-corrected chi connectivity index (χ0v) is 18.0. The number of thioether (sulfide) groups is 1. The van der Waals surface area contributed by atoms with E-state index in [0.29, 0.717) is 5.75 Å². The lowest BCUT2D eigenvalue weighted by Crippen LogP contribution is -2.59. The molecule has 172 valence electrons. The molecule has 13 heteroatoms. The van der Waals surface area contributed by atoms with Gasteiger partial charge in [-0.15, -0.1) is 0 Å². The van der Waals surface area contributed by atoms with Crippen molar-refractivity contribution in [2.24, 2.45) is 17.4 Å². The molecule has 0 radical (unpaired) electrons. The van der Waals surface area contributed by atoms with E-state index in [1.54, 1.807) is 20.1 Å². The number of nitrogens with one attached hydrogen (secondary N) is 3. The molecule has 0 aliphatic carbocycles. The van der Waals surface area contributed by atoms with Crippen molar-refractivity contribution in [2.45, 2.75) is 50.9 Å². The lowest BCUT2D eigenvalue weighted by atomic mass is 10.0. The molecule has 0 rings (SSSR count). The Kier molecular flexibility index (Phi) is 12.7. The van der Waals surface area contributed by atoms with Gasteiger partial charge in [-0.25, -0.2) is 4.79 Å². The number of amides is 4. The number of carbonyl (C=O) groups excluding carboxylic acids is 4. The molecule has 0 saturated carbocycles. The molecule has 4 unspecified atom stereocenters. The molecule has 0 spiro atoms. The van der Waals surface area contributed by atoms with E-state index in [2.05, 4.69) is 16.0 Å². The molecule has 4 amide bonds. The van der Waals surface area contributed by atoms with Gasteiger partial charge in [-0.05, 0) is 24.3 Å². The van der Waals surface area contributed by atoms with Crippen molar-refractivity contribution in [3.8, 4) is 0 Å². The van der Waals surface area contributed by atoms with E-state index in [-0.39, 0.29) is 12.3 Å². The Labute approximate surface area is 178 Å². The van der Waals surface area contributed by atoms with Crippen LogP contribution in [0.4, 0.5) is 0 Å². The van der Waals surface area contributed by atoms with E-state index in [4.69, 9.17) is 21.7 Å². The van der Waals surface area contributed by atoms with Crippen LogP contribution in [-0.2, 0) is 24.0 Å². The zero-order valence-electron chi connectivity index (χ0n) is 17.2. The van der Waals surface area contributed by atoms with Crippen LogP contribution in [-0.4, -0.2) is 82.6 Å². The van der Waals surface area contributed by atoms with E-state index in [1.165, 1.54) is 11.8 Å². The molecule has 9 N–H and O–H groups in total. The van der Waals surface area contributed by atoms with Crippen molar-refractivity contribution in [3.05, 3.63) is 0 Å². The second-order valence-corrected chi connectivity index (χ2v) is 7.92. The Morgan fingerprint density at radius 3 is 1.97 bits per heavy atom. The van der Waals surface area contributed by atoms with Crippen molar-refractivity contribution in [2.75, 3.05) is 18.6 Å². The maximum atomic E-state index is 12.7. The van der Waals surface area contributed by atoms with Gasteiger partial charge in [0.15, 0.2) is 0 Å². The Morgan fingerprint density at radius 2 is 1.53 bits per heavy atom. The normalized spacial score (nSPS) is 14.9. The second-order valence-electron chi connectivity index (χ2n) is 6.93. The van der Waals surface area contributed by atoms with Crippen molar-refractivity contribution in [1.29, 1.82) is 0 Å². The van der Waals surface area contributed by atoms with Gasteiger partial charge in [0.1, 0.15) is 24.2 Å². The summed E-state index contributed by atoms with van der Waals surface area (Å²) in [5.41, 5.74) is 10.5. The van der Waals surface area contributed by atoms with Gasteiger partial charge in [-0.1, -0.05) is 13.8 Å². The highest BCUT2D eigenvalue weighted by Crippen LogP contribution is 2.07. The highest BCUT2D eigenvalue weighted by atomic mass is 32.2. The molecule has 0 fully saturated rings. The van der Waals surface area contributed by atoms with E-state index >= 15 is 0 Å². The number of rotatable bonds is 14. The van der Waals surface area contributed by atoms with Gasteiger partial charge in [0.2, 0.25) is 23.6 Å². The van der Waals surface area contributed by atoms with Gasteiger partial charge in [0, 0.05) is 0 Å². The summed E-state index contributed by atoms with van der Waals surface area (Å²) in [6, 6.07) is -4.89. The highest BCUT2D eigenvalue weighted by Gasteiger charge is 2.31. The molecular weight excluding hydrogens is 418 g/mol. The van der Waals surface area contributed by atoms with Crippen LogP contribution in [0.15, 0.2) is 0 Å². The topological polar surface area (TPSA) is 214 Å². The maximum Gasteiger partial charge on any atom is 0.326 e. The first-order valence-corrected chi connectivity index (χ1v) is 10.6. The molecule has 0 aromatic heterocycles. The molecule has 0 aliphatic rings. The fraction of sp³-hybridized carbons (Fsp3) is 0.706. The fourth-order valence-corrected chi connectivity index (χ4v) is 2.79. The van der Waals surface area contributed by atoms with Crippen molar-refractivity contribution < 1.29 is 34.2 Å². The van der Waals surface area contributed by atoms with Gasteiger partial charge in [0.25, 0.3) is 0 Å². The summed E-state index contributed by atoms with van der Waals surface area (Å²) in [5, 5.41) is 25.3. The number of carboxylic acid groups (broad SMARTS) is 1. The first-order chi connectivity index (χ1) is 13.9. The van der Waals surface area contributed by atoms with Crippen LogP contribution in [0, 0.1) is 5.92 Å². The van der Waals surface area contributed by atoms with Crippen LogP contribution in [0.2, 0.25) is 0 Å². The van der Waals surface area contributed by atoms with Crippen molar-refractivity contribution >= 4 is 41.4 Å². The summed E-state index contributed by atoms with van der Waals surface area (Å²) < 4.78 is 0. The minimum atomic E-state index is -1.54. The number of primary amides is 1. The van der Waals surface area contributed by atoms with Gasteiger partial charge in [-0.3, -0.25) is 19.2 Å². The summed E-state index contributed by atoms with van der Waals surface area (Å²) >= 11 is 1.41. The third kappa shape index (κ3) is 9.89. The molecule has 0 aromatic carbocycles. The molecule has 4 atom stereocenters. The summed E-state index contributed by atoms with van der Waals surface area (Å²) in [6.07, 6.45) is 1.36. The number of hydrogen-bond donors (Lipinski definition) is 7. The van der Waals surface area contributed by atoms with Gasteiger partial charge < -0.3 is 37.6 Å². The first kappa shape index (κ1) is 27.6. The summed E-state index contributed by atoms with van der Waals surface area (Å²) in [4.78, 5) is 59.5. The van der Waals surface area contributed by atoms with Crippen LogP contribution in [0.3, 0.4) is 0 Å². The molecule has 0 aromatic rings. The second kappa shape index (κ2) is 13.8. The fourth-order valence-electron chi connectivity index (χ4n) is 2.32. The van der Waals surface area contributed by atoms with Crippen LogP contribution in [0.25, 0.3) is 0 Å². The molecule has 12 nitrogen and oxygen atoms in total. The number of nitrogens with two attached hydrogens (primary N) is 2. The number of aliphatic hydroxyl groups is 1. The number of carbonyl (C=O) groups is 5. The van der Waals surface area contributed by atoms with Crippen molar-refractivity contribution in [1.82, 2.24) is 16.0 Å². The van der Waals surface area contributed by atoms with Crippen LogP contribution in [0.5, 0.6) is 0 Å². The largest absolute Gasteiger partial charge is 0.480 e. The summed E-state index contributed by atoms with van der Waals surface area (Å²) in [7, 11) is 0. The molecule has 30 heavy (non-hydrogen) atoms. The summed E-state index contributed by atoms with van der Waals surface area (Å²) in [5.74, 6) is -4.45. The predicted molar refractivity (Wildman–Crippen MR) is 110 cm³/mol. The Balaban J connectivity index is 5.37. The standard InChI is InChI=1S/C17H31N5O7S/c1-8(2)13(22-14(25)9(18)7-23)16(27)20-10(4-5-30-3)15(26)21-11(17(28)29)6-12(19)24/h8-11,13,23H,4-7,18H2,1-3H3,(H2,19,24)(H,20,27)(H,21,26)(H,22,25)(H,28,29). The Morgan fingerprint density at radius 1 is 0.967 bits per heavy atom. The Bertz CT molecular complexity index is 632. The minimum Gasteiger partial charge on any atom is -0.480 e. The van der Waals surface area contributed by atoms with Crippen LogP contribution in [0.1, 0.15) is 26.7 Å². The maximum absolute atomic E-state index is 12.7. The summed E-state index contributed by atoms with van der Waals surface area (Å²) in [6.45, 7) is 2.73. The number of hydrogen-bond acceptors (Lipinski definition) is 8. The number of carboxylic acids is 1. The quantitative estimate of drug-likeness (QED) is 0.145. The van der Waals surface area contributed by atoms with Gasteiger partial charge in [-0.2, -0.15) is 11.8 Å². The predicted octanol–water partition coefficient (Wildman–Crippen LogP) is -2.87. The van der Waals surface area contributed by atoms with Crippen molar-refractivity contribution in [3.63, 3.8) is 0 Å². The molecular formula is C17H31N5O7S. The third-order valence-corrected chi connectivity index (χ3v) is 4.69. The lowest BCUT2D eigenvalue weighted by molar-refractivity contribution is -0.143. The van der Waals surface area contributed by atoms with Gasteiger partial charge in [0.05, 0.1) is 13.0 Å². The van der Waals surface area contributed by atoms with E-state index in [1.807, 2.05) is 0 Å². The SMILES string of the molecule is CSCCC(NC(=O)C(NC(=O)C(N)CO)C(C)C)C(=O)NC(CC(N)=O)C(=O)O. The lowest BCUT2D eigenvalue weighted by Gasteiger charge is -2.26. The average Bonchev–Trinajstić information content (AvgIpc) is 2.66. The van der Waals surface area contributed by atoms with Gasteiger partial charge >= 0.3 is 5.97 Å². The monoisotopic (exact) mass is 449 g/mol. The molecule has 0 bridgehead atoms. The van der Waals surface area contributed by atoms with Crippen LogP contribution < -0.4 is 27.4 Å². The number of aliphatic carboxylic acids is 1. The number of aliphatic hydroxyl groups excluding tert-OH is 1. The first-order valence-electron chi connectivity index (χ1n) is 9.22. The minimum absolute atomic E-state index is 0.177. The van der Waals surface area contributed by atoms with E-state index in [9.17, 15) is 24.0 Å². The average molecular weight is 450 g/mol. The van der Waals surface area contributed by atoms with E-state index in [0.717, 1.165) is 0 Å².